The number of rotatable bonds is 10. The van der Waals surface area contributed by atoms with E-state index in [0.29, 0.717) is 6.61 Å². The molecule has 0 N–H and O–H groups in total. The molecule has 0 aromatic heterocycles. The first-order chi connectivity index (χ1) is 12.0. The van der Waals surface area contributed by atoms with Gasteiger partial charge in [-0.3, -0.25) is 0 Å². The predicted molar refractivity (Wildman–Crippen MR) is 108 cm³/mol. The van der Waals surface area contributed by atoms with Crippen molar-refractivity contribution < 1.29 is 4.74 Å². The average Bonchev–Trinajstić information content (AvgIpc) is 2.59. The van der Waals surface area contributed by atoms with Gasteiger partial charge in [-0.2, -0.15) is 0 Å². The van der Waals surface area contributed by atoms with Crippen LogP contribution in [-0.2, 0) is 6.42 Å². The van der Waals surface area contributed by atoms with Crippen molar-refractivity contribution in [3.05, 3.63) is 71.6 Å². The molecule has 0 aliphatic carbocycles. The molecular weight excluding hydrogens is 304 g/mol. The molecule has 2 aromatic carbocycles. The highest BCUT2D eigenvalue weighted by Gasteiger charge is 2.30. The highest BCUT2D eigenvalue weighted by molar-refractivity contribution is 5.27. The van der Waals surface area contributed by atoms with E-state index in [0.717, 1.165) is 12.2 Å². The molecular formula is C24H33O. The molecule has 25 heavy (non-hydrogen) atoms. The summed E-state index contributed by atoms with van der Waals surface area (Å²) < 4.78 is 6.13. The summed E-state index contributed by atoms with van der Waals surface area (Å²) in [5.74, 6) is 2.44. The van der Waals surface area contributed by atoms with Crippen LogP contribution in [0.5, 0.6) is 5.75 Å². The zero-order valence-electron chi connectivity index (χ0n) is 16.3. The Balaban J connectivity index is 2.09. The molecule has 0 bridgehead atoms. The van der Waals surface area contributed by atoms with Crippen molar-refractivity contribution in [3.8, 4) is 5.75 Å². The van der Waals surface area contributed by atoms with E-state index in [1.165, 1.54) is 42.7 Å². The lowest BCUT2D eigenvalue weighted by Gasteiger charge is -2.34. The number of unbranched alkanes of at least 4 members (excludes halogenated alkanes) is 2. The maximum Gasteiger partial charge on any atom is 0.119 e. The number of ether oxygens (including phenoxy) is 1. The van der Waals surface area contributed by atoms with Crippen LogP contribution in [-0.4, -0.2) is 6.61 Å². The van der Waals surface area contributed by atoms with E-state index in [2.05, 4.69) is 52.0 Å². The van der Waals surface area contributed by atoms with Crippen LogP contribution >= 0.6 is 0 Å². The highest BCUT2D eigenvalue weighted by atomic mass is 16.5. The highest BCUT2D eigenvalue weighted by Crippen LogP contribution is 2.37. The lowest BCUT2D eigenvalue weighted by Crippen LogP contribution is -2.29. The third-order valence-corrected chi connectivity index (χ3v) is 5.02. The van der Waals surface area contributed by atoms with Gasteiger partial charge in [-0.1, -0.05) is 88.1 Å². The summed E-state index contributed by atoms with van der Waals surface area (Å²) in [6.45, 7) is 9.88. The Labute approximate surface area is 154 Å². The summed E-state index contributed by atoms with van der Waals surface area (Å²) in [5.41, 5.74) is 2.90. The fourth-order valence-electron chi connectivity index (χ4n) is 3.24. The summed E-state index contributed by atoms with van der Waals surface area (Å²) in [7, 11) is 0. The average molecular weight is 338 g/mol. The topological polar surface area (TPSA) is 9.23 Å². The first-order valence-electron chi connectivity index (χ1n) is 9.60. The molecule has 0 amide bonds. The van der Waals surface area contributed by atoms with E-state index in [9.17, 15) is 0 Å². The van der Waals surface area contributed by atoms with Crippen molar-refractivity contribution in [1.82, 2.24) is 0 Å². The first-order valence-corrected chi connectivity index (χ1v) is 9.60. The number of aryl methyl sites for hydroxylation is 1. The Morgan fingerprint density at radius 3 is 2.40 bits per heavy atom. The van der Waals surface area contributed by atoms with E-state index in [-0.39, 0.29) is 5.41 Å². The maximum absolute atomic E-state index is 6.13. The van der Waals surface area contributed by atoms with Gasteiger partial charge in [0, 0.05) is 5.92 Å². The lowest BCUT2D eigenvalue weighted by atomic mass is 9.72. The molecule has 0 fully saturated rings. The molecule has 0 saturated heterocycles. The van der Waals surface area contributed by atoms with Gasteiger partial charge in [-0.25, -0.2) is 0 Å². The number of benzene rings is 2. The van der Waals surface area contributed by atoms with Crippen LogP contribution < -0.4 is 4.74 Å². The second-order valence-corrected chi connectivity index (χ2v) is 7.71. The van der Waals surface area contributed by atoms with Crippen molar-refractivity contribution in [2.24, 2.45) is 5.41 Å². The summed E-state index contributed by atoms with van der Waals surface area (Å²) >= 11 is 0. The number of hydrogen-bond acceptors (Lipinski definition) is 1. The summed E-state index contributed by atoms with van der Waals surface area (Å²) in [5, 5.41) is 0. The smallest absolute Gasteiger partial charge is 0.119 e. The molecule has 0 heterocycles. The SMILES string of the molecule is CCCCCC(C)(C)[C](COc1ccccc1)Cc1cccc(C)c1. The molecule has 0 spiro atoms. The number of para-hydroxylation sites is 1. The Morgan fingerprint density at radius 1 is 0.960 bits per heavy atom. The zero-order chi connectivity index (χ0) is 18.1. The predicted octanol–water partition coefficient (Wildman–Crippen LogP) is 6.80. The Hall–Kier alpha value is -1.76. The summed E-state index contributed by atoms with van der Waals surface area (Å²) in [6.07, 6.45) is 6.07. The Kier molecular flexibility index (Phi) is 7.55. The van der Waals surface area contributed by atoms with E-state index in [4.69, 9.17) is 4.74 Å². The molecule has 0 saturated carbocycles. The van der Waals surface area contributed by atoms with Crippen LogP contribution in [0, 0.1) is 18.3 Å². The largest absolute Gasteiger partial charge is 0.493 e. The minimum Gasteiger partial charge on any atom is -0.493 e. The fraction of sp³-hybridized carbons (Fsp3) is 0.458. The molecule has 2 rings (SSSR count). The molecule has 135 valence electrons. The molecule has 2 aromatic rings. The van der Waals surface area contributed by atoms with E-state index in [1.54, 1.807) is 0 Å². The fourth-order valence-corrected chi connectivity index (χ4v) is 3.24. The lowest BCUT2D eigenvalue weighted by molar-refractivity contribution is 0.238. The van der Waals surface area contributed by atoms with Crippen LogP contribution in [0.3, 0.4) is 0 Å². The van der Waals surface area contributed by atoms with Crippen molar-refractivity contribution >= 4 is 0 Å². The van der Waals surface area contributed by atoms with Crippen LogP contribution in [0.2, 0.25) is 0 Å². The first kappa shape index (κ1) is 19.6. The van der Waals surface area contributed by atoms with Crippen molar-refractivity contribution in [2.45, 2.75) is 59.8 Å². The molecule has 0 atom stereocenters. The van der Waals surface area contributed by atoms with E-state index in [1.807, 2.05) is 30.3 Å². The van der Waals surface area contributed by atoms with Gasteiger partial charge in [0.2, 0.25) is 0 Å². The van der Waals surface area contributed by atoms with E-state index >= 15 is 0 Å². The van der Waals surface area contributed by atoms with E-state index < -0.39 is 0 Å². The van der Waals surface area contributed by atoms with Crippen molar-refractivity contribution in [1.29, 1.82) is 0 Å². The Bertz CT molecular complexity index is 615. The third-order valence-electron chi connectivity index (χ3n) is 5.02. The molecule has 0 aliphatic heterocycles. The summed E-state index contributed by atoms with van der Waals surface area (Å²) in [4.78, 5) is 0. The molecule has 0 unspecified atom stereocenters. The number of hydrogen-bond donors (Lipinski definition) is 0. The van der Waals surface area contributed by atoms with Gasteiger partial charge in [0.25, 0.3) is 0 Å². The van der Waals surface area contributed by atoms with Gasteiger partial charge >= 0.3 is 0 Å². The van der Waals surface area contributed by atoms with Crippen LogP contribution in [0.25, 0.3) is 0 Å². The molecule has 1 heteroatoms. The van der Waals surface area contributed by atoms with Crippen molar-refractivity contribution in [2.75, 3.05) is 6.61 Å². The molecule has 1 nitrogen and oxygen atoms in total. The van der Waals surface area contributed by atoms with Gasteiger partial charge in [0.15, 0.2) is 0 Å². The third kappa shape index (κ3) is 6.57. The van der Waals surface area contributed by atoms with Crippen LogP contribution in [0.1, 0.15) is 57.6 Å². The normalized spacial score (nSPS) is 11.7. The second-order valence-electron chi connectivity index (χ2n) is 7.71. The molecule has 0 aliphatic rings. The quantitative estimate of drug-likeness (QED) is 0.433. The maximum atomic E-state index is 6.13. The van der Waals surface area contributed by atoms with Gasteiger partial charge in [-0.05, 0) is 42.9 Å². The van der Waals surface area contributed by atoms with Crippen molar-refractivity contribution in [3.63, 3.8) is 0 Å². The monoisotopic (exact) mass is 337 g/mol. The standard InChI is InChI=1S/C24H33O/c1-5-6-10-16-24(3,4)22(18-21-13-11-12-20(2)17-21)19-25-23-14-8-7-9-15-23/h7-9,11-15,17H,5-6,10,16,18-19H2,1-4H3. The minimum absolute atomic E-state index is 0.188. The minimum atomic E-state index is 0.188. The zero-order valence-corrected chi connectivity index (χ0v) is 16.3. The van der Waals surface area contributed by atoms with Crippen LogP contribution in [0.15, 0.2) is 54.6 Å². The Morgan fingerprint density at radius 2 is 1.72 bits per heavy atom. The van der Waals surface area contributed by atoms with Gasteiger partial charge in [0.05, 0.1) is 6.61 Å². The van der Waals surface area contributed by atoms with Gasteiger partial charge < -0.3 is 4.74 Å². The van der Waals surface area contributed by atoms with Crippen LogP contribution in [0.4, 0.5) is 0 Å². The molecule has 1 radical (unpaired) electrons. The van der Waals surface area contributed by atoms with Gasteiger partial charge in [-0.15, -0.1) is 0 Å². The summed E-state index contributed by atoms with van der Waals surface area (Å²) in [6, 6.07) is 19.0. The van der Waals surface area contributed by atoms with Gasteiger partial charge in [0.1, 0.15) is 5.75 Å². The second kappa shape index (κ2) is 9.65.